The van der Waals surface area contributed by atoms with Gasteiger partial charge in [-0.15, -0.1) is 0 Å². The molecule has 0 aromatic carbocycles. The van der Waals surface area contributed by atoms with E-state index in [1.807, 2.05) is 32.8 Å². The van der Waals surface area contributed by atoms with Crippen molar-refractivity contribution < 1.29 is 9.53 Å². The van der Waals surface area contributed by atoms with Gasteiger partial charge in [-0.1, -0.05) is 11.3 Å². The molecule has 0 spiro atoms. The Hall–Kier alpha value is -1.38. The molecule has 0 saturated carbocycles. The van der Waals surface area contributed by atoms with E-state index in [2.05, 4.69) is 15.6 Å². The van der Waals surface area contributed by atoms with Crippen molar-refractivity contribution in [1.82, 2.24) is 15.2 Å². The Balaban J connectivity index is 2.33. The maximum absolute atomic E-state index is 12.0. The molecule has 0 radical (unpaired) electrons. The SMILES string of the molecule is CC(C)Nc1nc(N)c(C(=O)NCCOCCN(C)C)s1. The molecule has 4 N–H and O–H groups in total. The number of amides is 1. The summed E-state index contributed by atoms with van der Waals surface area (Å²) in [5.74, 6) is 0.0483. The Morgan fingerprint density at radius 1 is 1.43 bits per heavy atom. The van der Waals surface area contributed by atoms with Gasteiger partial charge in [0.1, 0.15) is 10.7 Å². The molecule has 0 bridgehead atoms. The van der Waals surface area contributed by atoms with E-state index in [1.165, 1.54) is 11.3 Å². The van der Waals surface area contributed by atoms with Crippen molar-refractivity contribution >= 4 is 28.2 Å². The van der Waals surface area contributed by atoms with Crippen LogP contribution >= 0.6 is 11.3 Å². The first-order valence-electron chi connectivity index (χ1n) is 6.93. The summed E-state index contributed by atoms with van der Waals surface area (Å²) in [6.45, 7) is 6.45. The number of nitrogens with two attached hydrogens (primary N) is 1. The van der Waals surface area contributed by atoms with Crippen LogP contribution in [-0.2, 0) is 4.74 Å². The molecule has 1 heterocycles. The normalized spacial score (nSPS) is 11.1. The van der Waals surface area contributed by atoms with Gasteiger partial charge in [0.2, 0.25) is 0 Å². The first-order chi connectivity index (χ1) is 9.90. The molecule has 8 heteroatoms. The average Bonchev–Trinajstić information content (AvgIpc) is 2.73. The highest BCUT2D eigenvalue weighted by Gasteiger charge is 2.16. The van der Waals surface area contributed by atoms with E-state index in [0.717, 1.165) is 6.54 Å². The number of carbonyl (C=O) groups excluding carboxylic acids is 1. The highest BCUT2D eigenvalue weighted by Crippen LogP contribution is 2.25. The van der Waals surface area contributed by atoms with Gasteiger partial charge in [-0.2, -0.15) is 0 Å². The van der Waals surface area contributed by atoms with Crippen LogP contribution in [-0.4, -0.2) is 62.2 Å². The number of nitrogen functional groups attached to an aromatic ring is 1. The molecule has 1 aromatic rings. The number of hydrogen-bond donors (Lipinski definition) is 3. The molecule has 1 amide bonds. The van der Waals surface area contributed by atoms with Gasteiger partial charge in [-0.25, -0.2) is 4.98 Å². The van der Waals surface area contributed by atoms with Gasteiger partial charge in [0.05, 0.1) is 13.2 Å². The summed E-state index contributed by atoms with van der Waals surface area (Å²) in [7, 11) is 3.97. The molecule has 120 valence electrons. The van der Waals surface area contributed by atoms with Crippen LogP contribution in [0, 0.1) is 0 Å². The monoisotopic (exact) mass is 315 g/mol. The summed E-state index contributed by atoms with van der Waals surface area (Å²) < 4.78 is 5.41. The number of carbonyl (C=O) groups is 1. The standard InChI is InChI=1S/C13H25N5O2S/c1-9(2)16-13-17-11(14)10(21-13)12(19)15-5-7-20-8-6-18(3)4/h9H,5-8,14H2,1-4H3,(H,15,19)(H,16,17). The lowest BCUT2D eigenvalue weighted by Crippen LogP contribution is -2.28. The summed E-state index contributed by atoms with van der Waals surface area (Å²) in [6, 6.07) is 0.247. The molecular formula is C13H25N5O2S. The third kappa shape index (κ3) is 6.74. The zero-order valence-corrected chi connectivity index (χ0v) is 13.9. The Kier molecular flexibility index (Phi) is 7.41. The van der Waals surface area contributed by atoms with Crippen molar-refractivity contribution in [3.8, 4) is 0 Å². The second kappa shape index (κ2) is 8.81. The average molecular weight is 315 g/mol. The highest BCUT2D eigenvalue weighted by molar-refractivity contribution is 7.18. The second-order valence-corrected chi connectivity index (χ2v) is 6.20. The first-order valence-corrected chi connectivity index (χ1v) is 7.75. The lowest BCUT2D eigenvalue weighted by molar-refractivity contribution is 0.0904. The van der Waals surface area contributed by atoms with Crippen molar-refractivity contribution in [1.29, 1.82) is 0 Å². The van der Waals surface area contributed by atoms with Crippen molar-refractivity contribution in [3.63, 3.8) is 0 Å². The molecule has 0 atom stereocenters. The molecule has 0 fully saturated rings. The van der Waals surface area contributed by atoms with Gasteiger partial charge in [0.15, 0.2) is 5.13 Å². The van der Waals surface area contributed by atoms with E-state index >= 15 is 0 Å². The number of thiazole rings is 1. The lowest BCUT2D eigenvalue weighted by Gasteiger charge is -2.10. The van der Waals surface area contributed by atoms with Gasteiger partial charge in [-0.05, 0) is 27.9 Å². The predicted octanol–water partition coefficient (Wildman–Crippen LogP) is 0.854. The van der Waals surface area contributed by atoms with Gasteiger partial charge in [-0.3, -0.25) is 4.79 Å². The smallest absolute Gasteiger partial charge is 0.265 e. The summed E-state index contributed by atoms with van der Waals surface area (Å²) in [5.41, 5.74) is 5.76. The van der Waals surface area contributed by atoms with Crippen LogP contribution in [0.25, 0.3) is 0 Å². The molecule has 0 saturated heterocycles. The molecule has 0 unspecified atom stereocenters. The lowest BCUT2D eigenvalue weighted by atomic mass is 10.4. The largest absolute Gasteiger partial charge is 0.382 e. The zero-order valence-electron chi connectivity index (χ0n) is 13.1. The number of rotatable bonds is 9. The summed E-state index contributed by atoms with van der Waals surface area (Å²) in [5, 5.41) is 6.58. The minimum Gasteiger partial charge on any atom is -0.382 e. The van der Waals surface area contributed by atoms with Gasteiger partial charge in [0, 0.05) is 19.1 Å². The maximum Gasteiger partial charge on any atom is 0.265 e. The molecule has 1 aromatic heterocycles. The van der Waals surface area contributed by atoms with Crippen molar-refractivity contribution in [2.24, 2.45) is 0 Å². The third-order valence-electron chi connectivity index (χ3n) is 2.49. The molecule has 1 rings (SSSR count). The van der Waals surface area contributed by atoms with E-state index < -0.39 is 0 Å². The second-order valence-electron chi connectivity index (χ2n) is 5.20. The molecule has 21 heavy (non-hydrogen) atoms. The quantitative estimate of drug-likeness (QED) is 0.585. The third-order valence-corrected chi connectivity index (χ3v) is 3.49. The Morgan fingerprint density at radius 2 is 2.14 bits per heavy atom. The molecular weight excluding hydrogens is 290 g/mol. The molecule has 0 aliphatic heterocycles. The fraction of sp³-hybridized carbons (Fsp3) is 0.692. The zero-order chi connectivity index (χ0) is 15.8. The Morgan fingerprint density at radius 3 is 2.76 bits per heavy atom. The Labute approximate surface area is 129 Å². The summed E-state index contributed by atoms with van der Waals surface area (Å²) in [6.07, 6.45) is 0. The molecule has 0 aliphatic rings. The summed E-state index contributed by atoms with van der Waals surface area (Å²) in [4.78, 5) is 18.6. The minimum atomic E-state index is -0.210. The van der Waals surface area contributed by atoms with Gasteiger partial charge >= 0.3 is 0 Å². The fourth-order valence-electron chi connectivity index (χ4n) is 1.47. The van der Waals surface area contributed by atoms with E-state index in [9.17, 15) is 4.79 Å². The number of anilines is 2. The van der Waals surface area contributed by atoms with Crippen molar-refractivity contribution in [3.05, 3.63) is 4.88 Å². The van der Waals surface area contributed by atoms with Crippen LogP contribution in [0.15, 0.2) is 0 Å². The van der Waals surface area contributed by atoms with Crippen LogP contribution in [0.3, 0.4) is 0 Å². The number of likely N-dealkylation sites (N-methyl/N-ethyl adjacent to an activating group) is 1. The van der Waals surface area contributed by atoms with Crippen LogP contribution in [0.5, 0.6) is 0 Å². The number of hydrogen-bond acceptors (Lipinski definition) is 7. The minimum absolute atomic E-state index is 0.210. The Bertz CT molecular complexity index is 448. The number of nitrogens with zero attached hydrogens (tertiary/aromatic N) is 2. The fourth-order valence-corrected chi connectivity index (χ4v) is 2.42. The van der Waals surface area contributed by atoms with E-state index in [1.54, 1.807) is 0 Å². The number of aromatic nitrogens is 1. The predicted molar refractivity (Wildman–Crippen MR) is 87.0 cm³/mol. The van der Waals surface area contributed by atoms with Crippen LogP contribution in [0.4, 0.5) is 10.9 Å². The van der Waals surface area contributed by atoms with Crippen LogP contribution in [0.1, 0.15) is 23.5 Å². The topological polar surface area (TPSA) is 92.5 Å². The number of nitrogens with one attached hydrogen (secondary N) is 2. The molecule has 7 nitrogen and oxygen atoms in total. The maximum atomic E-state index is 12.0. The molecule has 0 aliphatic carbocycles. The summed E-state index contributed by atoms with van der Waals surface area (Å²) >= 11 is 1.26. The number of ether oxygens (including phenoxy) is 1. The van der Waals surface area contributed by atoms with Crippen molar-refractivity contribution in [2.75, 3.05) is 51.4 Å². The van der Waals surface area contributed by atoms with E-state index in [-0.39, 0.29) is 17.8 Å². The van der Waals surface area contributed by atoms with Crippen LogP contribution in [0.2, 0.25) is 0 Å². The van der Waals surface area contributed by atoms with E-state index in [4.69, 9.17) is 10.5 Å². The van der Waals surface area contributed by atoms with Gasteiger partial charge in [0.25, 0.3) is 5.91 Å². The van der Waals surface area contributed by atoms with Crippen LogP contribution < -0.4 is 16.4 Å². The van der Waals surface area contributed by atoms with Gasteiger partial charge < -0.3 is 26.0 Å². The van der Waals surface area contributed by atoms with E-state index in [0.29, 0.717) is 29.8 Å². The highest BCUT2D eigenvalue weighted by atomic mass is 32.1. The van der Waals surface area contributed by atoms with Crippen molar-refractivity contribution in [2.45, 2.75) is 19.9 Å². The first kappa shape index (κ1) is 17.7.